The molecule has 0 spiro atoms. The summed E-state index contributed by atoms with van der Waals surface area (Å²) < 4.78 is 5.41. The SMILES string of the molecule is CCOc1ccc(CN(C)CC(C#N)CC)cc1. The largest absolute Gasteiger partial charge is 0.494 e. The van der Waals surface area contributed by atoms with Crippen molar-refractivity contribution in [2.45, 2.75) is 26.8 Å². The molecule has 1 aromatic carbocycles. The first-order chi connectivity index (χ1) is 8.69. The Morgan fingerprint density at radius 1 is 1.28 bits per heavy atom. The van der Waals surface area contributed by atoms with Crippen LogP contribution in [0.2, 0.25) is 0 Å². The lowest BCUT2D eigenvalue weighted by Crippen LogP contribution is -2.24. The summed E-state index contributed by atoms with van der Waals surface area (Å²) in [5, 5.41) is 8.94. The molecular weight excluding hydrogens is 224 g/mol. The van der Waals surface area contributed by atoms with Crippen molar-refractivity contribution in [3.8, 4) is 11.8 Å². The van der Waals surface area contributed by atoms with E-state index in [0.29, 0.717) is 6.61 Å². The van der Waals surface area contributed by atoms with Gasteiger partial charge in [-0.15, -0.1) is 0 Å². The Bertz CT molecular complexity index is 380. The highest BCUT2D eigenvalue weighted by molar-refractivity contribution is 5.27. The molecule has 0 radical (unpaired) electrons. The summed E-state index contributed by atoms with van der Waals surface area (Å²) in [4.78, 5) is 2.19. The summed E-state index contributed by atoms with van der Waals surface area (Å²) >= 11 is 0. The van der Waals surface area contributed by atoms with Crippen LogP contribution in [-0.2, 0) is 6.54 Å². The molecule has 0 N–H and O–H groups in total. The molecule has 1 unspecified atom stereocenters. The fraction of sp³-hybridized carbons (Fsp3) is 0.533. The van der Waals surface area contributed by atoms with Crippen molar-refractivity contribution in [2.75, 3.05) is 20.2 Å². The third-order valence-corrected chi connectivity index (χ3v) is 2.89. The van der Waals surface area contributed by atoms with Crippen molar-refractivity contribution in [1.82, 2.24) is 4.90 Å². The number of rotatable bonds is 7. The Kier molecular flexibility index (Phi) is 6.24. The van der Waals surface area contributed by atoms with E-state index >= 15 is 0 Å². The second kappa shape index (κ2) is 7.73. The zero-order valence-corrected chi connectivity index (χ0v) is 11.5. The lowest BCUT2D eigenvalue weighted by atomic mass is 10.1. The van der Waals surface area contributed by atoms with Crippen LogP contribution >= 0.6 is 0 Å². The van der Waals surface area contributed by atoms with Gasteiger partial charge in [-0.2, -0.15) is 5.26 Å². The molecule has 1 aromatic rings. The molecule has 1 atom stereocenters. The Morgan fingerprint density at radius 2 is 1.94 bits per heavy atom. The topological polar surface area (TPSA) is 36.3 Å². The highest BCUT2D eigenvalue weighted by atomic mass is 16.5. The first-order valence-corrected chi connectivity index (χ1v) is 6.49. The normalized spacial score (nSPS) is 12.2. The van der Waals surface area contributed by atoms with E-state index in [9.17, 15) is 0 Å². The highest BCUT2D eigenvalue weighted by Gasteiger charge is 2.08. The third-order valence-electron chi connectivity index (χ3n) is 2.89. The smallest absolute Gasteiger partial charge is 0.119 e. The number of hydrogen-bond acceptors (Lipinski definition) is 3. The summed E-state index contributed by atoms with van der Waals surface area (Å²) in [6, 6.07) is 10.5. The molecule has 0 fully saturated rings. The van der Waals surface area contributed by atoms with Crippen LogP contribution in [-0.4, -0.2) is 25.1 Å². The van der Waals surface area contributed by atoms with Gasteiger partial charge in [0.1, 0.15) is 5.75 Å². The zero-order chi connectivity index (χ0) is 13.4. The Hall–Kier alpha value is -1.53. The molecule has 0 amide bonds. The maximum absolute atomic E-state index is 8.94. The molecule has 3 nitrogen and oxygen atoms in total. The number of hydrogen-bond donors (Lipinski definition) is 0. The summed E-state index contributed by atoms with van der Waals surface area (Å²) in [5.41, 5.74) is 1.24. The van der Waals surface area contributed by atoms with E-state index in [-0.39, 0.29) is 5.92 Å². The predicted molar refractivity (Wildman–Crippen MR) is 73.3 cm³/mol. The summed E-state index contributed by atoms with van der Waals surface area (Å²) in [6.45, 7) is 6.41. The molecule has 0 bridgehead atoms. The van der Waals surface area contributed by atoms with Gasteiger partial charge in [0.2, 0.25) is 0 Å². The molecule has 98 valence electrons. The standard InChI is InChI=1S/C15H22N2O/c1-4-13(10-16)11-17(3)12-14-6-8-15(9-7-14)18-5-2/h6-9,13H,4-5,11-12H2,1-3H3. The van der Waals surface area contributed by atoms with Gasteiger partial charge in [-0.25, -0.2) is 0 Å². The number of benzene rings is 1. The summed E-state index contributed by atoms with van der Waals surface area (Å²) in [5.74, 6) is 1.03. The van der Waals surface area contributed by atoms with Gasteiger partial charge in [0.25, 0.3) is 0 Å². The van der Waals surface area contributed by atoms with Crippen LogP contribution in [0.4, 0.5) is 0 Å². The van der Waals surface area contributed by atoms with Gasteiger partial charge in [0.05, 0.1) is 18.6 Å². The lowest BCUT2D eigenvalue weighted by Gasteiger charge is -2.19. The fourth-order valence-electron chi connectivity index (χ4n) is 1.87. The van der Waals surface area contributed by atoms with Crippen molar-refractivity contribution < 1.29 is 4.74 Å². The Balaban J connectivity index is 2.49. The van der Waals surface area contributed by atoms with Crippen LogP contribution in [0.25, 0.3) is 0 Å². The number of nitriles is 1. The molecule has 0 aromatic heterocycles. The van der Waals surface area contributed by atoms with Crippen molar-refractivity contribution >= 4 is 0 Å². The molecule has 0 heterocycles. The molecule has 1 rings (SSSR count). The van der Waals surface area contributed by atoms with E-state index in [0.717, 1.165) is 25.3 Å². The maximum atomic E-state index is 8.94. The molecule has 18 heavy (non-hydrogen) atoms. The van der Waals surface area contributed by atoms with Gasteiger partial charge in [-0.3, -0.25) is 0 Å². The molecule has 0 aliphatic rings. The molecule has 0 saturated carbocycles. The molecule has 3 heteroatoms. The quantitative estimate of drug-likeness (QED) is 0.742. The van der Waals surface area contributed by atoms with Crippen LogP contribution in [0.5, 0.6) is 5.75 Å². The van der Waals surface area contributed by atoms with Crippen LogP contribution in [0, 0.1) is 17.2 Å². The molecule has 0 aliphatic carbocycles. The van der Waals surface area contributed by atoms with E-state index in [4.69, 9.17) is 10.00 Å². The number of ether oxygens (including phenoxy) is 1. The summed E-state index contributed by atoms with van der Waals surface area (Å²) in [6.07, 6.45) is 0.907. The van der Waals surface area contributed by atoms with Gasteiger partial charge in [-0.05, 0) is 38.1 Å². The first-order valence-electron chi connectivity index (χ1n) is 6.49. The van der Waals surface area contributed by atoms with E-state index in [1.54, 1.807) is 0 Å². The fourth-order valence-corrected chi connectivity index (χ4v) is 1.87. The number of nitrogens with zero attached hydrogens (tertiary/aromatic N) is 2. The predicted octanol–water partition coefficient (Wildman–Crippen LogP) is 3.07. The van der Waals surface area contributed by atoms with Gasteiger partial charge in [-0.1, -0.05) is 19.1 Å². The van der Waals surface area contributed by atoms with E-state index < -0.39 is 0 Å². The van der Waals surface area contributed by atoms with Gasteiger partial charge < -0.3 is 9.64 Å². The van der Waals surface area contributed by atoms with Gasteiger partial charge in [0, 0.05) is 13.1 Å². The minimum atomic E-state index is 0.123. The van der Waals surface area contributed by atoms with Crippen molar-refractivity contribution in [3.63, 3.8) is 0 Å². The minimum absolute atomic E-state index is 0.123. The molecule has 0 saturated heterocycles. The minimum Gasteiger partial charge on any atom is -0.494 e. The molecular formula is C15H22N2O. The van der Waals surface area contributed by atoms with Crippen molar-refractivity contribution in [1.29, 1.82) is 5.26 Å². The van der Waals surface area contributed by atoms with E-state index in [2.05, 4.69) is 37.1 Å². The highest BCUT2D eigenvalue weighted by Crippen LogP contribution is 2.14. The lowest BCUT2D eigenvalue weighted by molar-refractivity contribution is 0.292. The van der Waals surface area contributed by atoms with E-state index in [1.165, 1.54) is 5.56 Å². The van der Waals surface area contributed by atoms with E-state index in [1.807, 2.05) is 19.1 Å². The van der Waals surface area contributed by atoms with Crippen molar-refractivity contribution in [2.24, 2.45) is 5.92 Å². The summed E-state index contributed by atoms with van der Waals surface area (Å²) in [7, 11) is 2.05. The monoisotopic (exact) mass is 246 g/mol. The Morgan fingerprint density at radius 3 is 2.44 bits per heavy atom. The van der Waals surface area contributed by atoms with Crippen LogP contribution in [0.15, 0.2) is 24.3 Å². The second-order valence-electron chi connectivity index (χ2n) is 4.51. The Labute approximate surface area is 110 Å². The van der Waals surface area contributed by atoms with Crippen LogP contribution < -0.4 is 4.74 Å². The average molecular weight is 246 g/mol. The first kappa shape index (κ1) is 14.5. The van der Waals surface area contributed by atoms with Crippen molar-refractivity contribution in [3.05, 3.63) is 29.8 Å². The second-order valence-corrected chi connectivity index (χ2v) is 4.51. The molecule has 0 aliphatic heterocycles. The van der Waals surface area contributed by atoms with Crippen LogP contribution in [0.3, 0.4) is 0 Å². The van der Waals surface area contributed by atoms with Gasteiger partial charge >= 0.3 is 0 Å². The third kappa shape index (κ3) is 4.77. The van der Waals surface area contributed by atoms with Crippen LogP contribution in [0.1, 0.15) is 25.8 Å². The maximum Gasteiger partial charge on any atom is 0.119 e. The zero-order valence-electron chi connectivity index (χ0n) is 11.5. The average Bonchev–Trinajstić information content (AvgIpc) is 2.38. The van der Waals surface area contributed by atoms with Gasteiger partial charge in [0.15, 0.2) is 0 Å².